The lowest BCUT2D eigenvalue weighted by Gasteiger charge is -2.03. The molecule has 21 heavy (non-hydrogen) atoms. The Morgan fingerprint density at radius 3 is 3.14 bits per heavy atom. The van der Waals surface area contributed by atoms with E-state index in [1.165, 1.54) is 18.1 Å². The predicted octanol–water partition coefficient (Wildman–Crippen LogP) is 1.82. The van der Waals surface area contributed by atoms with Crippen LogP contribution in [0.3, 0.4) is 0 Å². The zero-order chi connectivity index (χ0) is 15.1. The van der Waals surface area contributed by atoms with E-state index in [1.807, 2.05) is 18.2 Å². The van der Waals surface area contributed by atoms with Crippen molar-refractivity contribution in [2.75, 3.05) is 12.9 Å². The van der Waals surface area contributed by atoms with Crippen LogP contribution in [-0.2, 0) is 4.79 Å². The number of rotatable bonds is 6. The van der Waals surface area contributed by atoms with E-state index in [2.05, 4.69) is 41.6 Å². The molecule has 0 bridgehead atoms. The molecule has 0 atom stereocenters. The standard InChI is InChI=1S/C12H12BrN5O2S/c1-20-10-3-2-8(4-9(10)13)5-15-17-11(19)6-21-12-14-7-16-18-12/h2-5,7H,6H2,1H3,(H,17,19)(H,14,16,18)/b15-5-. The maximum absolute atomic E-state index is 11.6. The first-order valence-corrected chi connectivity index (χ1v) is 7.60. The van der Waals surface area contributed by atoms with Gasteiger partial charge in [0.15, 0.2) is 5.16 Å². The highest BCUT2D eigenvalue weighted by Crippen LogP contribution is 2.24. The highest BCUT2D eigenvalue weighted by Gasteiger charge is 2.03. The van der Waals surface area contributed by atoms with Crippen molar-refractivity contribution in [1.29, 1.82) is 0 Å². The predicted molar refractivity (Wildman–Crippen MR) is 83.5 cm³/mol. The Labute approximate surface area is 133 Å². The molecule has 9 heteroatoms. The fourth-order valence-electron chi connectivity index (χ4n) is 1.37. The van der Waals surface area contributed by atoms with Crippen molar-refractivity contribution in [3.63, 3.8) is 0 Å². The lowest BCUT2D eigenvalue weighted by Crippen LogP contribution is -2.19. The zero-order valence-corrected chi connectivity index (χ0v) is 13.4. The summed E-state index contributed by atoms with van der Waals surface area (Å²) in [7, 11) is 1.60. The SMILES string of the molecule is COc1ccc(/C=N\NC(=O)CSc2ncn[nH]2)cc1Br. The third kappa shape index (κ3) is 4.87. The molecule has 7 nitrogen and oxygen atoms in total. The van der Waals surface area contributed by atoms with Gasteiger partial charge < -0.3 is 4.74 Å². The quantitative estimate of drug-likeness (QED) is 0.460. The van der Waals surface area contributed by atoms with Crippen LogP contribution in [0.25, 0.3) is 0 Å². The summed E-state index contributed by atoms with van der Waals surface area (Å²) in [5.41, 5.74) is 3.28. The first kappa shape index (κ1) is 15.5. The molecule has 110 valence electrons. The molecule has 0 spiro atoms. The number of carbonyl (C=O) groups is 1. The van der Waals surface area contributed by atoms with Crippen LogP contribution < -0.4 is 10.2 Å². The second-order valence-electron chi connectivity index (χ2n) is 3.77. The Hall–Kier alpha value is -1.87. The number of nitrogens with zero attached hydrogens (tertiary/aromatic N) is 3. The van der Waals surface area contributed by atoms with Crippen molar-refractivity contribution in [1.82, 2.24) is 20.6 Å². The largest absolute Gasteiger partial charge is 0.496 e. The number of ether oxygens (including phenoxy) is 1. The monoisotopic (exact) mass is 369 g/mol. The normalized spacial score (nSPS) is 10.8. The molecule has 2 aromatic rings. The minimum Gasteiger partial charge on any atom is -0.496 e. The number of hydrogen-bond donors (Lipinski definition) is 2. The number of amides is 1. The Balaban J connectivity index is 1.81. The fourth-order valence-corrected chi connectivity index (χ4v) is 2.50. The molecule has 0 saturated carbocycles. The molecule has 2 N–H and O–H groups in total. The third-order valence-corrected chi connectivity index (χ3v) is 3.81. The summed E-state index contributed by atoms with van der Waals surface area (Å²) in [4.78, 5) is 15.5. The van der Waals surface area contributed by atoms with Crippen LogP contribution in [0.2, 0.25) is 0 Å². The number of hydrogen-bond acceptors (Lipinski definition) is 6. The number of aromatic amines is 1. The number of methoxy groups -OCH3 is 1. The van der Waals surface area contributed by atoms with Gasteiger partial charge in [-0.1, -0.05) is 11.8 Å². The molecule has 0 saturated heterocycles. The Morgan fingerprint density at radius 2 is 2.48 bits per heavy atom. The summed E-state index contributed by atoms with van der Waals surface area (Å²) >= 11 is 4.63. The van der Waals surface area contributed by atoms with Crippen molar-refractivity contribution in [3.05, 3.63) is 34.6 Å². The average Bonchev–Trinajstić information content (AvgIpc) is 2.99. The number of thioether (sulfide) groups is 1. The van der Waals surface area contributed by atoms with Crippen LogP contribution in [0.5, 0.6) is 5.75 Å². The second-order valence-corrected chi connectivity index (χ2v) is 5.58. The van der Waals surface area contributed by atoms with Crippen molar-refractivity contribution in [2.45, 2.75) is 5.16 Å². The Morgan fingerprint density at radius 1 is 1.62 bits per heavy atom. The van der Waals surface area contributed by atoms with Crippen LogP contribution in [0.4, 0.5) is 0 Å². The van der Waals surface area contributed by atoms with E-state index in [0.29, 0.717) is 5.16 Å². The lowest BCUT2D eigenvalue weighted by molar-refractivity contribution is -0.118. The molecular formula is C12H12BrN5O2S. The molecule has 0 fully saturated rings. The van der Waals surface area contributed by atoms with E-state index in [1.54, 1.807) is 13.3 Å². The van der Waals surface area contributed by atoms with E-state index in [0.717, 1.165) is 15.8 Å². The Kier molecular flexibility index (Phi) is 5.76. The highest BCUT2D eigenvalue weighted by molar-refractivity contribution is 9.10. The first-order chi connectivity index (χ1) is 10.2. The molecule has 1 aromatic carbocycles. The molecule has 0 aliphatic carbocycles. The molecule has 1 aromatic heterocycles. The van der Waals surface area contributed by atoms with Gasteiger partial charge in [-0.05, 0) is 39.7 Å². The average molecular weight is 370 g/mol. The number of hydrazone groups is 1. The van der Waals surface area contributed by atoms with Crippen LogP contribution in [0, 0.1) is 0 Å². The van der Waals surface area contributed by atoms with E-state index in [4.69, 9.17) is 4.74 Å². The zero-order valence-electron chi connectivity index (χ0n) is 11.0. The smallest absolute Gasteiger partial charge is 0.250 e. The van der Waals surface area contributed by atoms with Crippen molar-refractivity contribution < 1.29 is 9.53 Å². The molecule has 1 amide bonds. The van der Waals surface area contributed by atoms with E-state index in [-0.39, 0.29) is 11.7 Å². The van der Waals surface area contributed by atoms with Gasteiger partial charge in [-0.3, -0.25) is 9.89 Å². The summed E-state index contributed by atoms with van der Waals surface area (Å²) in [5, 5.41) is 10.8. The highest BCUT2D eigenvalue weighted by atomic mass is 79.9. The molecule has 2 rings (SSSR count). The van der Waals surface area contributed by atoms with Crippen molar-refractivity contribution >= 4 is 39.8 Å². The summed E-state index contributed by atoms with van der Waals surface area (Å²) in [6, 6.07) is 5.49. The van der Waals surface area contributed by atoms with Gasteiger partial charge in [0.2, 0.25) is 0 Å². The molecule has 0 radical (unpaired) electrons. The minimum atomic E-state index is -0.222. The number of halogens is 1. The number of carbonyl (C=O) groups excluding carboxylic acids is 1. The van der Waals surface area contributed by atoms with Gasteiger partial charge >= 0.3 is 0 Å². The van der Waals surface area contributed by atoms with Crippen molar-refractivity contribution in [3.8, 4) is 5.75 Å². The molecule has 0 aliphatic rings. The Bertz CT molecular complexity index is 633. The summed E-state index contributed by atoms with van der Waals surface area (Å²) in [6.07, 6.45) is 2.95. The third-order valence-electron chi connectivity index (χ3n) is 2.31. The molecule has 0 aliphatic heterocycles. The van der Waals surface area contributed by atoms with Crippen LogP contribution in [0.15, 0.2) is 39.3 Å². The molecular weight excluding hydrogens is 358 g/mol. The van der Waals surface area contributed by atoms with Crippen LogP contribution in [-0.4, -0.2) is 40.2 Å². The molecule has 0 unspecified atom stereocenters. The van der Waals surface area contributed by atoms with E-state index in [9.17, 15) is 4.79 Å². The summed E-state index contributed by atoms with van der Waals surface area (Å²) in [5.74, 6) is 0.721. The summed E-state index contributed by atoms with van der Waals surface area (Å²) < 4.78 is 5.95. The number of H-pyrrole nitrogens is 1. The minimum absolute atomic E-state index is 0.207. The van der Waals surface area contributed by atoms with Crippen molar-refractivity contribution in [2.24, 2.45) is 5.10 Å². The van der Waals surface area contributed by atoms with Gasteiger partial charge in [0.05, 0.1) is 23.5 Å². The van der Waals surface area contributed by atoms with Gasteiger partial charge in [0, 0.05) is 0 Å². The maximum atomic E-state index is 11.6. The van der Waals surface area contributed by atoms with Gasteiger partial charge in [0.25, 0.3) is 5.91 Å². The van der Waals surface area contributed by atoms with E-state index >= 15 is 0 Å². The lowest BCUT2D eigenvalue weighted by atomic mass is 10.2. The van der Waals surface area contributed by atoms with Crippen LogP contribution in [0.1, 0.15) is 5.56 Å². The second kappa shape index (κ2) is 7.79. The van der Waals surface area contributed by atoms with Gasteiger partial charge in [-0.15, -0.1) is 0 Å². The topological polar surface area (TPSA) is 92.3 Å². The molecule has 1 heterocycles. The van der Waals surface area contributed by atoms with Gasteiger partial charge in [0.1, 0.15) is 12.1 Å². The fraction of sp³-hybridized carbons (Fsp3) is 0.167. The first-order valence-electron chi connectivity index (χ1n) is 5.82. The van der Waals surface area contributed by atoms with Crippen LogP contribution >= 0.6 is 27.7 Å². The number of nitrogens with one attached hydrogen (secondary N) is 2. The van der Waals surface area contributed by atoms with Gasteiger partial charge in [-0.25, -0.2) is 10.4 Å². The van der Waals surface area contributed by atoms with E-state index < -0.39 is 0 Å². The number of aromatic nitrogens is 3. The maximum Gasteiger partial charge on any atom is 0.250 e. The summed E-state index contributed by atoms with van der Waals surface area (Å²) in [6.45, 7) is 0. The number of benzene rings is 1. The van der Waals surface area contributed by atoms with Gasteiger partial charge in [-0.2, -0.15) is 10.2 Å².